The molecule has 5 rings (SSSR count). The summed E-state index contributed by atoms with van der Waals surface area (Å²) in [7, 11) is -3.72. The number of aryl methyl sites for hydroxylation is 1. The average molecular weight is 608 g/mol. The first kappa shape index (κ1) is 29.7. The van der Waals surface area contributed by atoms with Crippen molar-refractivity contribution >= 4 is 60.7 Å². The Morgan fingerprint density at radius 3 is 2.35 bits per heavy atom. The molecule has 0 atom stereocenters. The summed E-state index contributed by atoms with van der Waals surface area (Å²) >= 11 is 1.28. The number of aromatic nitrogens is 1. The predicted molar refractivity (Wildman–Crippen MR) is 156 cm³/mol. The Morgan fingerprint density at radius 2 is 1.68 bits per heavy atom. The van der Waals surface area contributed by atoms with E-state index in [2.05, 4.69) is 24.8 Å². The Labute approximate surface area is 241 Å². The van der Waals surface area contributed by atoms with Crippen molar-refractivity contribution in [3.63, 3.8) is 0 Å². The maximum absolute atomic E-state index is 14.0. The molecule has 13 heteroatoms. The zero-order chi connectivity index (χ0) is 27.6. The molecule has 1 saturated heterocycles. The van der Waals surface area contributed by atoms with Crippen LogP contribution in [0.4, 0.5) is 19.6 Å². The smallest absolute Gasteiger partial charge is 0.261 e. The van der Waals surface area contributed by atoms with Crippen molar-refractivity contribution in [1.29, 1.82) is 0 Å². The van der Waals surface area contributed by atoms with Crippen LogP contribution >= 0.6 is 23.7 Å². The number of amides is 1. The lowest BCUT2D eigenvalue weighted by Crippen LogP contribution is -2.48. The van der Waals surface area contributed by atoms with Crippen molar-refractivity contribution in [2.45, 2.75) is 11.8 Å². The van der Waals surface area contributed by atoms with Gasteiger partial charge in [-0.3, -0.25) is 14.4 Å². The molecular formula is C27H28ClF2N5O3S2. The fourth-order valence-corrected chi connectivity index (χ4v) is 6.41. The molecule has 0 radical (unpaired) electrons. The number of nitrogens with zero attached hydrogens (tertiary/aromatic N) is 3. The summed E-state index contributed by atoms with van der Waals surface area (Å²) < 4.78 is 55.6. The molecule has 0 spiro atoms. The lowest BCUT2D eigenvalue weighted by Gasteiger charge is -2.34. The number of thiazole rings is 1. The largest absolute Gasteiger partial charge is 0.351 e. The number of carbonyl (C=O) groups is 1. The number of piperazine rings is 1. The van der Waals surface area contributed by atoms with Crippen molar-refractivity contribution in [3.05, 3.63) is 83.4 Å². The van der Waals surface area contributed by atoms with Gasteiger partial charge in [0, 0.05) is 56.6 Å². The molecule has 0 bridgehead atoms. The molecule has 2 N–H and O–H groups in total. The summed E-state index contributed by atoms with van der Waals surface area (Å²) in [5.74, 6) is -1.51. The van der Waals surface area contributed by atoms with Crippen molar-refractivity contribution < 1.29 is 22.0 Å². The van der Waals surface area contributed by atoms with Crippen molar-refractivity contribution in [2.75, 3.05) is 48.9 Å². The molecule has 212 valence electrons. The molecule has 1 aliphatic heterocycles. The van der Waals surface area contributed by atoms with Crippen LogP contribution in [-0.4, -0.2) is 63.5 Å². The number of sulfonamides is 1. The van der Waals surface area contributed by atoms with E-state index in [4.69, 9.17) is 0 Å². The summed E-state index contributed by atoms with van der Waals surface area (Å²) in [4.78, 5) is 21.4. The molecular weight excluding hydrogens is 580 g/mol. The van der Waals surface area contributed by atoms with Crippen LogP contribution in [0.15, 0.2) is 65.6 Å². The zero-order valence-corrected chi connectivity index (χ0v) is 24.0. The highest BCUT2D eigenvalue weighted by atomic mass is 35.5. The van der Waals surface area contributed by atoms with Crippen LogP contribution in [0.25, 0.3) is 10.2 Å². The Kier molecular flexibility index (Phi) is 9.24. The second-order valence-electron chi connectivity index (χ2n) is 9.31. The number of anilines is 2. The predicted octanol–water partition coefficient (Wildman–Crippen LogP) is 4.66. The Balaban J connectivity index is 0.00000370. The minimum Gasteiger partial charge on any atom is -0.351 e. The van der Waals surface area contributed by atoms with Gasteiger partial charge in [-0.2, -0.15) is 0 Å². The summed E-state index contributed by atoms with van der Waals surface area (Å²) in [6.07, 6.45) is 0. The van der Waals surface area contributed by atoms with Gasteiger partial charge in [0.25, 0.3) is 15.9 Å². The molecule has 2 heterocycles. The number of fused-ring (bicyclic) bond motifs is 1. The number of carbonyl (C=O) groups excluding carboxylic acids is 1. The third-order valence-corrected chi connectivity index (χ3v) is 8.95. The highest BCUT2D eigenvalue weighted by Crippen LogP contribution is 2.31. The van der Waals surface area contributed by atoms with Crippen LogP contribution in [0.2, 0.25) is 0 Å². The van der Waals surface area contributed by atoms with E-state index >= 15 is 0 Å². The SMILES string of the molecule is Cc1ccc(S(=O)(=O)Nc2ccc(C(=O)NCCN3CCN(c4nc5c(F)cc(F)cc5s4)CC3)cc2)cc1.Cl. The molecule has 0 unspecified atom stereocenters. The highest BCUT2D eigenvalue weighted by Gasteiger charge is 2.21. The van der Waals surface area contributed by atoms with E-state index in [1.54, 1.807) is 48.5 Å². The Hall–Kier alpha value is -3.32. The molecule has 0 saturated carbocycles. The number of hydrogen-bond acceptors (Lipinski definition) is 7. The van der Waals surface area contributed by atoms with Crippen LogP contribution in [0.5, 0.6) is 0 Å². The van der Waals surface area contributed by atoms with Crippen LogP contribution in [0, 0.1) is 18.6 Å². The molecule has 1 fully saturated rings. The summed E-state index contributed by atoms with van der Waals surface area (Å²) in [6.45, 7) is 5.88. The van der Waals surface area contributed by atoms with E-state index < -0.39 is 21.7 Å². The van der Waals surface area contributed by atoms with Gasteiger partial charge in [0.2, 0.25) is 0 Å². The van der Waals surface area contributed by atoms with Crippen LogP contribution in [0.1, 0.15) is 15.9 Å². The van der Waals surface area contributed by atoms with Gasteiger partial charge in [-0.25, -0.2) is 22.2 Å². The standard InChI is InChI=1S/C27H27F2N5O3S2.ClH/c1-18-2-8-22(9-3-18)39(36,37)32-21-6-4-19(5-7-21)26(35)30-10-11-33-12-14-34(15-13-33)27-31-25-23(29)16-20(28)17-24(25)38-27;/h2-9,16-17,32H,10-15H2,1H3,(H,30,35);1H. The van der Waals surface area contributed by atoms with Gasteiger partial charge in [-0.15, -0.1) is 12.4 Å². The molecule has 1 amide bonds. The fourth-order valence-electron chi connectivity index (χ4n) is 4.29. The minimum atomic E-state index is -3.72. The van der Waals surface area contributed by atoms with E-state index in [1.807, 2.05) is 6.92 Å². The van der Waals surface area contributed by atoms with Crippen molar-refractivity contribution in [1.82, 2.24) is 15.2 Å². The van der Waals surface area contributed by atoms with E-state index in [0.29, 0.717) is 47.3 Å². The summed E-state index contributed by atoms with van der Waals surface area (Å²) in [5.41, 5.74) is 1.95. The molecule has 40 heavy (non-hydrogen) atoms. The van der Waals surface area contributed by atoms with E-state index in [9.17, 15) is 22.0 Å². The summed E-state index contributed by atoms with van der Waals surface area (Å²) in [6, 6.07) is 15.0. The Bertz CT molecular complexity index is 1590. The first-order chi connectivity index (χ1) is 18.7. The molecule has 0 aliphatic carbocycles. The van der Waals surface area contributed by atoms with Gasteiger partial charge in [0.1, 0.15) is 11.3 Å². The van der Waals surface area contributed by atoms with Crippen LogP contribution in [-0.2, 0) is 10.0 Å². The lowest BCUT2D eigenvalue weighted by molar-refractivity contribution is 0.0948. The van der Waals surface area contributed by atoms with Crippen LogP contribution in [0.3, 0.4) is 0 Å². The van der Waals surface area contributed by atoms with E-state index in [0.717, 1.165) is 24.7 Å². The maximum atomic E-state index is 14.0. The molecule has 1 aromatic heterocycles. The quantitative estimate of drug-likeness (QED) is 0.303. The van der Waals surface area contributed by atoms with Gasteiger partial charge in [0.15, 0.2) is 10.9 Å². The van der Waals surface area contributed by atoms with E-state index in [-0.39, 0.29) is 28.7 Å². The number of nitrogens with one attached hydrogen (secondary N) is 2. The topological polar surface area (TPSA) is 94.6 Å². The first-order valence-electron chi connectivity index (χ1n) is 12.4. The average Bonchev–Trinajstić information content (AvgIpc) is 3.34. The van der Waals surface area contributed by atoms with E-state index in [1.165, 1.54) is 17.4 Å². The van der Waals surface area contributed by atoms with Crippen LogP contribution < -0.4 is 14.9 Å². The van der Waals surface area contributed by atoms with Gasteiger partial charge in [0.05, 0.1) is 9.60 Å². The van der Waals surface area contributed by atoms with Gasteiger partial charge >= 0.3 is 0 Å². The number of benzene rings is 3. The van der Waals surface area contributed by atoms with Gasteiger partial charge < -0.3 is 10.2 Å². The van der Waals surface area contributed by atoms with Crippen molar-refractivity contribution in [2.24, 2.45) is 0 Å². The number of halogens is 3. The maximum Gasteiger partial charge on any atom is 0.261 e. The highest BCUT2D eigenvalue weighted by molar-refractivity contribution is 7.92. The summed E-state index contributed by atoms with van der Waals surface area (Å²) in [5, 5.41) is 3.57. The lowest BCUT2D eigenvalue weighted by atomic mass is 10.2. The second-order valence-corrected chi connectivity index (χ2v) is 12.0. The second kappa shape index (κ2) is 12.5. The zero-order valence-electron chi connectivity index (χ0n) is 21.6. The number of rotatable bonds is 8. The normalized spacial score (nSPS) is 14.1. The third kappa shape index (κ3) is 6.87. The minimum absolute atomic E-state index is 0. The number of hydrogen-bond donors (Lipinski definition) is 2. The molecule has 4 aromatic rings. The Morgan fingerprint density at radius 1 is 1.00 bits per heavy atom. The molecule has 1 aliphatic rings. The molecule has 3 aromatic carbocycles. The van der Waals surface area contributed by atoms with Gasteiger partial charge in [-0.05, 0) is 49.4 Å². The molecule has 8 nitrogen and oxygen atoms in total. The first-order valence-corrected chi connectivity index (χ1v) is 14.7. The fraction of sp³-hybridized carbons (Fsp3) is 0.259. The van der Waals surface area contributed by atoms with Gasteiger partial charge in [-0.1, -0.05) is 29.0 Å². The third-order valence-electron chi connectivity index (χ3n) is 6.49. The van der Waals surface area contributed by atoms with Crippen molar-refractivity contribution in [3.8, 4) is 0 Å². The monoisotopic (exact) mass is 607 g/mol.